The van der Waals surface area contributed by atoms with Crippen LogP contribution in [0.4, 0.5) is 10.1 Å². The molecule has 2 aliphatic heterocycles. The van der Waals surface area contributed by atoms with Crippen molar-refractivity contribution >= 4 is 17.4 Å². The number of aliphatic carboxylic acids is 1. The third-order valence-corrected chi connectivity index (χ3v) is 6.20. The highest BCUT2D eigenvalue weighted by Gasteiger charge is 2.43. The monoisotopic (exact) mass is 441 g/mol. The number of hydrazone groups is 1. The van der Waals surface area contributed by atoms with Gasteiger partial charge in [-0.3, -0.25) is 5.01 Å². The summed E-state index contributed by atoms with van der Waals surface area (Å²) in [5.74, 6) is -1.23. The summed E-state index contributed by atoms with van der Waals surface area (Å²) in [6.07, 6.45) is 6.80. The van der Waals surface area contributed by atoms with Crippen LogP contribution in [0, 0.1) is 35.9 Å². The van der Waals surface area contributed by atoms with Crippen LogP contribution in [0.1, 0.15) is 22.7 Å². The third kappa shape index (κ3) is 3.70. The number of allylic oxidation sites excluding steroid dienone is 3. The summed E-state index contributed by atoms with van der Waals surface area (Å²) in [5, 5.41) is 25.6. The average molecular weight is 441 g/mol. The number of carboxylic acid groups (broad SMARTS) is 1. The maximum atomic E-state index is 13.7. The maximum Gasteiger partial charge on any atom is 0.335 e. The van der Waals surface area contributed by atoms with Gasteiger partial charge in [0.1, 0.15) is 11.6 Å². The summed E-state index contributed by atoms with van der Waals surface area (Å²) in [6.45, 7) is 2.17. The van der Waals surface area contributed by atoms with E-state index in [1.165, 1.54) is 18.2 Å². The predicted molar refractivity (Wildman–Crippen MR) is 121 cm³/mol. The molecule has 5 rings (SSSR count). The van der Waals surface area contributed by atoms with Crippen molar-refractivity contribution in [3.63, 3.8) is 0 Å². The Kier molecular flexibility index (Phi) is 5.06. The number of aryl methyl sites for hydroxylation is 1. The van der Waals surface area contributed by atoms with Gasteiger partial charge in [-0.25, -0.2) is 9.18 Å². The van der Waals surface area contributed by atoms with Crippen LogP contribution in [0.2, 0.25) is 0 Å². The Labute approximate surface area is 190 Å². The van der Waals surface area contributed by atoms with Gasteiger partial charge in [-0.05, 0) is 60.5 Å². The van der Waals surface area contributed by atoms with Crippen LogP contribution in [0.15, 0.2) is 83.2 Å². The second-order valence-electron chi connectivity index (χ2n) is 8.25. The number of hydrogen-bond acceptors (Lipinski definition) is 5. The van der Waals surface area contributed by atoms with Gasteiger partial charge in [-0.15, -0.1) is 0 Å². The smallest absolute Gasteiger partial charge is 0.335 e. The van der Waals surface area contributed by atoms with E-state index >= 15 is 0 Å². The summed E-state index contributed by atoms with van der Waals surface area (Å²) in [5.41, 5.74) is 4.12. The Morgan fingerprint density at radius 2 is 2.06 bits per heavy atom. The molecule has 164 valence electrons. The topological polar surface area (TPSA) is 85.9 Å². The number of nitrogens with zero attached hydrogens (tertiary/aromatic N) is 3. The van der Waals surface area contributed by atoms with Crippen LogP contribution in [-0.2, 0) is 9.53 Å². The molecule has 0 aromatic heterocycles. The minimum absolute atomic E-state index is 0.144. The zero-order valence-corrected chi connectivity index (χ0v) is 17.8. The lowest BCUT2D eigenvalue weighted by atomic mass is 9.85. The molecule has 33 heavy (non-hydrogen) atoms. The molecule has 3 aliphatic rings. The van der Waals surface area contributed by atoms with E-state index in [9.17, 15) is 19.6 Å². The highest BCUT2D eigenvalue weighted by atomic mass is 19.1. The SMILES string of the molecule is Cc1cc(N2N=C3C4C=CC(C(=O)O)=CC(=C4)OCC3C2c2ccc(F)cc2)ccc1C#N. The summed E-state index contributed by atoms with van der Waals surface area (Å²) in [7, 11) is 0. The molecule has 3 atom stereocenters. The van der Waals surface area contributed by atoms with Gasteiger partial charge in [-0.2, -0.15) is 10.4 Å². The lowest BCUT2D eigenvalue weighted by Gasteiger charge is -2.29. The molecule has 2 aromatic carbocycles. The lowest BCUT2D eigenvalue weighted by Crippen LogP contribution is -2.29. The first-order valence-electron chi connectivity index (χ1n) is 10.6. The average Bonchev–Trinajstić information content (AvgIpc) is 2.94. The van der Waals surface area contributed by atoms with Crippen molar-refractivity contribution in [2.75, 3.05) is 11.6 Å². The van der Waals surface area contributed by atoms with Crippen LogP contribution < -0.4 is 5.01 Å². The molecule has 2 bridgehead atoms. The van der Waals surface area contributed by atoms with Crippen molar-refractivity contribution in [1.82, 2.24) is 0 Å². The first-order chi connectivity index (χ1) is 15.9. The fourth-order valence-electron chi connectivity index (χ4n) is 4.53. The van der Waals surface area contributed by atoms with Gasteiger partial charge < -0.3 is 9.84 Å². The highest BCUT2D eigenvalue weighted by Crippen LogP contribution is 2.43. The van der Waals surface area contributed by atoms with E-state index < -0.39 is 5.97 Å². The standard InChI is InChI=1S/C26H20FN3O3/c1-15-10-21(9-6-19(15)13-28)30-25(16-4-7-20(27)8-5-16)23-14-33-22-11-17(24(23)29-30)2-3-18(12-22)26(31)32/h2-12,17,23,25H,14H2,1H3,(H,31,32). The second-order valence-corrected chi connectivity index (χ2v) is 8.25. The van der Waals surface area contributed by atoms with Gasteiger partial charge in [0, 0.05) is 5.92 Å². The molecule has 1 aliphatic carbocycles. The van der Waals surface area contributed by atoms with Gasteiger partial charge in [0.2, 0.25) is 0 Å². The largest absolute Gasteiger partial charge is 0.493 e. The number of carbonyl (C=O) groups is 1. The number of benzene rings is 2. The fourth-order valence-corrected chi connectivity index (χ4v) is 4.53. The normalized spacial score (nSPS) is 23.2. The highest BCUT2D eigenvalue weighted by molar-refractivity contribution is 5.97. The Morgan fingerprint density at radius 1 is 1.27 bits per heavy atom. The summed E-state index contributed by atoms with van der Waals surface area (Å²) in [4.78, 5) is 11.5. The van der Waals surface area contributed by atoms with Crippen LogP contribution in [-0.4, -0.2) is 23.4 Å². The van der Waals surface area contributed by atoms with Crippen LogP contribution in [0.3, 0.4) is 0 Å². The van der Waals surface area contributed by atoms with Crippen LogP contribution in [0.25, 0.3) is 0 Å². The third-order valence-electron chi connectivity index (χ3n) is 6.20. The van der Waals surface area contributed by atoms with Gasteiger partial charge in [0.15, 0.2) is 0 Å². The molecule has 0 saturated heterocycles. The van der Waals surface area contributed by atoms with Gasteiger partial charge in [-0.1, -0.05) is 24.3 Å². The second kappa shape index (κ2) is 8.06. The number of fused-ring (bicyclic) bond motifs is 3. The number of anilines is 1. The van der Waals surface area contributed by atoms with Crippen LogP contribution in [0.5, 0.6) is 0 Å². The Morgan fingerprint density at radius 3 is 2.76 bits per heavy atom. The number of halogens is 1. The quantitative estimate of drug-likeness (QED) is 0.749. The van der Waals surface area contributed by atoms with Crippen molar-refractivity contribution in [2.45, 2.75) is 13.0 Å². The van der Waals surface area contributed by atoms with E-state index in [-0.39, 0.29) is 29.3 Å². The van der Waals surface area contributed by atoms with E-state index in [4.69, 9.17) is 9.84 Å². The Bertz CT molecular complexity index is 1300. The minimum Gasteiger partial charge on any atom is -0.493 e. The van der Waals surface area contributed by atoms with E-state index in [0.29, 0.717) is 17.9 Å². The zero-order chi connectivity index (χ0) is 23.1. The molecule has 1 N–H and O–H groups in total. The molecule has 0 amide bonds. The molecular formula is C26H20FN3O3. The number of carboxylic acids is 1. The van der Waals surface area contributed by atoms with E-state index in [0.717, 1.165) is 22.5 Å². The van der Waals surface area contributed by atoms with Crippen molar-refractivity contribution in [2.24, 2.45) is 16.9 Å². The van der Waals surface area contributed by atoms with Gasteiger partial charge >= 0.3 is 5.97 Å². The Hall–Kier alpha value is -4.18. The van der Waals surface area contributed by atoms with Gasteiger partial charge in [0.25, 0.3) is 0 Å². The van der Waals surface area contributed by atoms with Crippen molar-refractivity contribution < 1.29 is 19.0 Å². The number of nitriles is 1. The number of ether oxygens (including phenoxy) is 1. The molecule has 0 fully saturated rings. The first-order valence-corrected chi connectivity index (χ1v) is 10.6. The molecule has 2 heterocycles. The fraction of sp³-hybridized carbons (Fsp3) is 0.192. The molecule has 0 spiro atoms. The van der Waals surface area contributed by atoms with E-state index in [1.807, 2.05) is 36.2 Å². The van der Waals surface area contributed by atoms with E-state index in [2.05, 4.69) is 6.07 Å². The molecule has 6 nitrogen and oxygen atoms in total. The predicted octanol–water partition coefficient (Wildman–Crippen LogP) is 4.65. The zero-order valence-electron chi connectivity index (χ0n) is 17.8. The summed E-state index contributed by atoms with van der Waals surface area (Å²) >= 11 is 0. The molecule has 2 aromatic rings. The lowest BCUT2D eigenvalue weighted by molar-refractivity contribution is -0.132. The maximum absolute atomic E-state index is 13.7. The number of hydrogen-bond donors (Lipinski definition) is 1. The van der Waals surface area contributed by atoms with Crippen molar-refractivity contribution in [3.8, 4) is 6.07 Å². The molecular weight excluding hydrogens is 421 g/mol. The van der Waals surface area contributed by atoms with Crippen molar-refractivity contribution in [1.29, 1.82) is 5.26 Å². The number of rotatable bonds is 3. The minimum atomic E-state index is -1.02. The Balaban J connectivity index is 1.61. The molecule has 3 unspecified atom stereocenters. The summed E-state index contributed by atoms with van der Waals surface area (Å²) < 4.78 is 19.7. The molecule has 0 radical (unpaired) electrons. The van der Waals surface area contributed by atoms with Crippen molar-refractivity contribution in [3.05, 3.63) is 101 Å². The summed E-state index contributed by atoms with van der Waals surface area (Å²) in [6, 6.07) is 13.8. The van der Waals surface area contributed by atoms with Crippen LogP contribution >= 0.6 is 0 Å². The van der Waals surface area contributed by atoms with Gasteiger partial charge in [0.05, 0.1) is 47.2 Å². The molecule has 7 heteroatoms. The molecule has 0 saturated carbocycles. The van der Waals surface area contributed by atoms with E-state index in [1.54, 1.807) is 24.3 Å². The first kappa shape index (κ1) is 20.7.